The molecule has 0 atom stereocenters. The Balaban J connectivity index is 2.05. The van der Waals surface area contributed by atoms with E-state index in [1.807, 2.05) is 0 Å². The van der Waals surface area contributed by atoms with Gasteiger partial charge in [-0.15, -0.1) is 0 Å². The van der Waals surface area contributed by atoms with Gasteiger partial charge in [0, 0.05) is 0 Å². The fraction of sp³-hybridized carbons (Fsp3) is 0.647. The van der Waals surface area contributed by atoms with Gasteiger partial charge in [-0.3, -0.25) is 0 Å². The number of nitrogens with one attached hydrogen (secondary N) is 1. The maximum atomic E-state index is 6.34. The highest BCUT2D eigenvalue weighted by Crippen LogP contribution is 2.37. The minimum absolute atomic E-state index is 0.251. The lowest BCUT2D eigenvalue weighted by molar-refractivity contribution is 0.459. The molecular formula is C17H29NOSi. The van der Waals surface area contributed by atoms with Gasteiger partial charge < -0.3 is 9.74 Å². The Bertz CT molecular complexity index is 427. The second-order valence-electron chi connectivity index (χ2n) is 7.46. The highest BCUT2D eigenvalue weighted by Gasteiger charge is 2.38. The first-order valence-electron chi connectivity index (χ1n) is 7.79. The van der Waals surface area contributed by atoms with E-state index in [1.54, 1.807) is 0 Å². The van der Waals surface area contributed by atoms with Crippen molar-refractivity contribution in [3.05, 3.63) is 29.8 Å². The molecule has 1 N–H and O–H groups in total. The second kappa shape index (κ2) is 5.90. The summed E-state index contributed by atoms with van der Waals surface area (Å²) in [4.78, 5) is 0. The van der Waals surface area contributed by atoms with E-state index in [4.69, 9.17) is 4.43 Å². The summed E-state index contributed by atoms with van der Waals surface area (Å²) in [7, 11) is -1.71. The van der Waals surface area contributed by atoms with Crippen LogP contribution in [0.3, 0.4) is 0 Å². The molecule has 3 heteroatoms. The maximum Gasteiger partial charge on any atom is 0.250 e. The number of hydrogen-bond donors (Lipinski definition) is 1. The van der Waals surface area contributed by atoms with Crippen molar-refractivity contribution in [1.82, 2.24) is 5.32 Å². The molecular weight excluding hydrogens is 262 g/mol. The summed E-state index contributed by atoms with van der Waals surface area (Å²) in [5.74, 6) is 1.76. The van der Waals surface area contributed by atoms with Gasteiger partial charge in [0.05, 0.1) is 0 Å². The Morgan fingerprint density at radius 3 is 2.10 bits per heavy atom. The molecule has 0 bridgehead atoms. The SMILES string of the molecule is CC(C)(C)[Si](C)(C)Oc1ccc(C2CCNCC2)cc1. The van der Waals surface area contributed by atoms with Gasteiger partial charge in [-0.1, -0.05) is 32.9 Å². The zero-order chi connectivity index (χ0) is 14.8. The van der Waals surface area contributed by atoms with Crippen LogP contribution in [0.15, 0.2) is 24.3 Å². The van der Waals surface area contributed by atoms with E-state index >= 15 is 0 Å². The van der Waals surface area contributed by atoms with Gasteiger partial charge >= 0.3 is 0 Å². The van der Waals surface area contributed by atoms with Crippen LogP contribution in [0.5, 0.6) is 5.75 Å². The summed E-state index contributed by atoms with van der Waals surface area (Å²) >= 11 is 0. The number of rotatable bonds is 3. The normalized spacial score (nSPS) is 18.1. The van der Waals surface area contributed by atoms with E-state index in [0.29, 0.717) is 0 Å². The molecule has 1 fully saturated rings. The largest absolute Gasteiger partial charge is 0.544 e. The summed E-state index contributed by atoms with van der Waals surface area (Å²) in [5, 5.41) is 3.68. The molecule has 0 saturated carbocycles. The lowest BCUT2D eigenvalue weighted by Crippen LogP contribution is -2.43. The third-order valence-electron chi connectivity index (χ3n) is 4.87. The zero-order valence-corrected chi connectivity index (χ0v) is 14.6. The first kappa shape index (κ1) is 15.6. The minimum atomic E-state index is -1.71. The first-order valence-corrected chi connectivity index (χ1v) is 10.7. The van der Waals surface area contributed by atoms with Crippen LogP contribution < -0.4 is 9.74 Å². The summed E-state index contributed by atoms with van der Waals surface area (Å²) in [6.45, 7) is 13.7. The van der Waals surface area contributed by atoms with Crippen LogP contribution in [0, 0.1) is 0 Å². The highest BCUT2D eigenvalue weighted by atomic mass is 28.4. The quantitative estimate of drug-likeness (QED) is 0.826. The van der Waals surface area contributed by atoms with Crippen molar-refractivity contribution >= 4 is 8.32 Å². The van der Waals surface area contributed by atoms with Crippen molar-refractivity contribution in [3.63, 3.8) is 0 Å². The van der Waals surface area contributed by atoms with E-state index in [2.05, 4.69) is 63.4 Å². The van der Waals surface area contributed by atoms with Gasteiger partial charge in [0.25, 0.3) is 0 Å². The number of piperidine rings is 1. The van der Waals surface area contributed by atoms with Crippen LogP contribution in [-0.4, -0.2) is 21.4 Å². The molecule has 1 aliphatic heterocycles. The summed E-state index contributed by atoms with van der Waals surface area (Å²) in [6, 6.07) is 8.85. The lowest BCUT2D eigenvalue weighted by Gasteiger charge is -2.36. The third-order valence-corrected chi connectivity index (χ3v) is 9.23. The fourth-order valence-electron chi connectivity index (χ4n) is 2.41. The summed E-state index contributed by atoms with van der Waals surface area (Å²) in [5.41, 5.74) is 1.47. The Morgan fingerprint density at radius 2 is 1.60 bits per heavy atom. The first-order chi connectivity index (χ1) is 9.29. The standard InChI is InChI=1S/C17H29NOSi/c1-17(2,3)20(4,5)19-16-8-6-14(7-9-16)15-10-12-18-13-11-15/h6-9,15,18H,10-13H2,1-5H3. The van der Waals surface area contributed by atoms with E-state index < -0.39 is 8.32 Å². The molecule has 20 heavy (non-hydrogen) atoms. The van der Waals surface area contributed by atoms with Gasteiger partial charge in [-0.2, -0.15) is 0 Å². The van der Waals surface area contributed by atoms with Gasteiger partial charge in [0.15, 0.2) is 0 Å². The molecule has 1 saturated heterocycles. The topological polar surface area (TPSA) is 21.3 Å². The predicted molar refractivity (Wildman–Crippen MR) is 89.1 cm³/mol. The van der Waals surface area contributed by atoms with Gasteiger partial charge in [-0.05, 0) is 67.7 Å². The third kappa shape index (κ3) is 3.64. The molecule has 1 heterocycles. The maximum absolute atomic E-state index is 6.34. The Morgan fingerprint density at radius 1 is 1.05 bits per heavy atom. The monoisotopic (exact) mass is 291 g/mol. The van der Waals surface area contributed by atoms with E-state index in [0.717, 1.165) is 24.8 Å². The smallest absolute Gasteiger partial charge is 0.250 e. The van der Waals surface area contributed by atoms with Crippen molar-refractivity contribution in [1.29, 1.82) is 0 Å². The molecule has 1 aliphatic rings. The molecule has 1 aromatic rings. The van der Waals surface area contributed by atoms with E-state index in [-0.39, 0.29) is 5.04 Å². The van der Waals surface area contributed by atoms with Crippen LogP contribution in [-0.2, 0) is 0 Å². The van der Waals surface area contributed by atoms with Crippen molar-refractivity contribution in [2.75, 3.05) is 13.1 Å². The molecule has 2 nitrogen and oxygen atoms in total. The van der Waals surface area contributed by atoms with Crippen molar-refractivity contribution in [2.24, 2.45) is 0 Å². The Kier molecular flexibility index (Phi) is 4.60. The average molecular weight is 292 g/mol. The number of benzene rings is 1. The second-order valence-corrected chi connectivity index (χ2v) is 12.2. The molecule has 112 valence electrons. The Labute approximate surface area is 125 Å². The Hall–Kier alpha value is -0.803. The fourth-order valence-corrected chi connectivity index (χ4v) is 3.44. The molecule has 1 aromatic carbocycles. The van der Waals surface area contributed by atoms with Crippen LogP contribution >= 0.6 is 0 Å². The molecule has 0 aliphatic carbocycles. The van der Waals surface area contributed by atoms with Crippen LogP contribution in [0.25, 0.3) is 0 Å². The zero-order valence-electron chi connectivity index (χ0n) is 13.6. The van der Waals surface area contributed by atoms with Crippen LogP contribution in [0.2, 0.25) is 18.1 Å². The minimum Gasteiger partial charge on any atom is -0.544 e. The number of hydrogen-bond acceptors (Lipinski definition) is 2. The predicted octanol–water partition coefficient (Wildman–Crippen LogP) is 4.54. The molecule has 0 amide bonds. The molecule has 2 rings (SSSR count). The van der Waals surface area contributed by atoms with Crippen molar-refractivity contribution < 1.29 is 4.43 Å². The van der Waals surface area contributed by atoms with Gasteiger partial charge in [0.1, 0.15) is 5.75 Å². The molecule has 0 aromatic heterocycles. The van der Waals surface area contributed by atoms with Crippen molar-refractivity contribution in [2.45, 2.75) is 57.7 Å². The molecule has 0 radical (unpaired) electrons. The summed E-state index contributed by atoms with van der Waals surface area (Å²) < 4.78 is 6.34. The summed E-state index contributed by atoms with van der Waals surface area (Å²) in [6.07, 6.45) is 2.50. The van der Waals surface area contributed by atoms with Crippen molar-refractivity contribution in [3.8, 4) is 5.75 Å². The molecule has 0 spiro atoms. The van der Waals surface area contributed by atoms with Crippen LogP contribution in [0.4, 0.5) is 0 Å². The highest BCUT2D eigenvalue weighted by molar-refractivity contribution is 6.74. The van der Waals surface area contributed by atoms with Gasteiger partial charge in [-0.25, -0.2) is 0 Å². The van der Waals surface area contributed by atoms with E-state index in [9.17, 15) is 0 Å². The molecule has 0 unspecified atom stereocenters. The van der Waals surface area contributed by atoms with E-state index in [1.165, 1.54) is 18.4 Å². The lowest BCUT2D eigenvalue weighted by atomic mass is 9.90. The van der Waals surface area contributed by atoms with Crippen LogP contribution in [0.1, 0.15) is 45.1 Å². The average Bonchev–Trinajstić information content (AvgIpc) is 2.39. The van der Waals surface area contributed by atoms with Gasteiger partial charge in [0.2, 0.25) is 8.32 Å².